The Morgan fingerprint density at radius 3 is 2.90 bits per heavy atom. The predicted octanol–water partition coefficient (Wildman–Crippen LogP) is 3.60. The highest BCUT2D eigenvalue weighted by Gasteiger charge is 2.41. The molecule has 0 amide bonds. The van der Waals surface area contributed by atoms with Gasteiger partial charge in [-0.2, -0.15) is 11.8 Å². The molecule has 1 spiro atoms. The second-order valence-electron chi connectivity index (χ2n) is 5.67. The molecule has 2 unspecified atom stereocenters. The maximum atomic E-state index is 6.29. The van der Waals surface area contributed by atoms with Crippen molar-refractivity contribution in [3.63, 3.8) is 0 Å². The molecule has 2 fully saturated rings. The second kappa shape index (κ2) is 6.55. The molecule has 2 saturated heterocycles. The number of thioether (sulfide) groups is 1. The molecule has 2 aliphatic heterocycles. The van der Waals surface area contributed by atoms with E-state index in [0.29, 0.717) is 5.92 Å². The van der Waals surface area contributed by atoms with Gasteiger partial charge in [0.2, 0.25) is 0 Å². The van der Waals surface area contributed by atoms with Crippen LogP contribution in [0.4, 0.5) is 0 Å². The van der Waals surface area contributed by atoms with Crippen LogP contribution in [-0.4, -0.2) is 23.7 Å². The van der Waals surface area contributed by atoms with Crippen molar-refractivity contribution in [2.45, 2.75) is 37.3 Å². The normalized spacial score (nSPS) is 27.6. The van der Waals surface area contributed by atoms with Gasteiger partial charge in [0, 0.05) is 11.5 Å². The van der Waals surface area contributed by atoms with E-state index in [0.717, 1.165) is 24.5 Å². The molecule has 2 atom stereocenters. The molecule has 3 heterocycles. The summed E-state index contributed by atoms with van der Waals surface area (Å²) in [5.41, 5.74) is 3.09. The molecule has 0 aromatic carbocycles. The first-order chi connectivity index (χ1) is 9.74. The lowest BCUT2D eigenvalue weighted by atomic mass is 9.78. The maximum Gasteiger partial charge on any atom is 0.0701 e. The van der Waals surface area contributed by atoms with E-state index < -0.39 is 0 Å². The average molecular weight is 333 g/mol. The smallest absolute Gasteiger partial charge is 0.0701 e. The summed E-state index contributed by atoms with van der Waals surface area (Å²) in [4.78, 5) is 1.17. The standard InChI is InChI=1S/C14H21ClN2OS2/c15-11-2-6-20-13(11)12(17-16)10-1-5-18-14(9-10)3-7-19-8-4-14/h2,6,10,12,17H,1,3-5,7-9,16H2. The number of ether oxygens (including phenoxy) is 1. The number of rotatable bonds is 3. The number of hydrazine groups is 1. The number of hydrogen-bond acceptors (Lipinski definition) is 5. The Bertz CT molecular complexity index is 443. The van der Waals surface area contributed by atoms with Gasteiger partial charge in [-0.15, -0.1) is 11.3 Å². The highest BCUT2D eigenvalue weighted by Crippen LogP contribution is 2.45. The van der Waals surface area contributed by atoms with Gasteiger partial charge < -0.3 is 4.74 Å². The SMILES string of the molecule is NNC(c1sccc1Cl)C1CCOC2(CCSCC2)C1. The summed E-state index contributed by atoms with van der Waals surface area (Å²) in [5, 5.41) is 2.87. The molecule has 3 nitrogen and oxygen atoms in total. The van der Waals surface area contributed by atoms with Crippen molar-refractivity contribution in [1.29, 1.82) is 0 Å². The van der Waals surface area contributed by atoms with E-state index in [9.17, 15) is 0 Å². The minimum Gasteiger partial charge on any atom is -0.375 e. The summed E-state index contributed by atoms with van der Waals surface area (Å²) >= 11 is 10.0. The van der Waals surface area contributed by atoms with Crippen LogP contribution in [0.5, 0.6) is 0 Å². The molecule has 0 aliphatic carbocycles. The Hall–Kier alpha value is 0.220. The van der Waals surface area contributed by atoms with Gasteiger partial charge in [-0.3, -0.25) is 11.3 Å². The van der Waals surface area contributed by atoms with Gasteiger partial charge in [0.1, 0.15) is 0 Å². The largest absolute Gasteiger partial charge is 0.375 e. The number of nitrogens with one attached hydrogen (secondary N) is 1. The van der Waals surface area contributed by atoms with Crippen LogP contribution >= 0.6 is 34.7 Å². The summed E-state index contributed by atoms with van der Waals surface area (Å²) in [5.74, 6) is 8.77. The first kappa shape index (κ1) is 15.1. The van der Waals surface area contributed by atoms with Crippen LogP contribution in [0.2, 0.25) is 5.02 Å². The maximum absolute atomic E-state index is 6.29. The monoisotopic (exact) mass is 332 g/mol. The quantitative estimate of drug-likeness (QED) is 0.656. The third kappa shape index (κ3) is 3.03. The minimum absolute atomic E-state index is 0.0903. The van der Waals surface area contributed by atoms with E-state index in [1.54, 1.807) is 11.3 Å². The topological polar surface area (TPSA) is 47.3 Å². The van der Waals surface area contributed by atoms with Crippen molar-refractivity contribution in [3.8, 4) is 0 Å². The van der Waals surface area contributed by atoms with Crippen molar-refractivity contribution in [2.75, 3.05) is 18.1 Å². The van der Waals surface area contributed by atoms with Crippen molar-refractivity contribution in [3.05, 3.63) is 21.3 Å². The van der Waals surface area contributed by atoms with Crippen molar-refractivity contribution in [2.24, 2.45) is 11.8 Å². The first-order valence-corrected chi connectivity index (χ1v) is 9.56. The third-order valence-electron chi connectivity index (χ3n) is 4.51. The van der Waals surface area contributed by atoms with Crippen LogP contribution < -0.4 is 11.3 Å². The zero-order valence-corrected chi connectivity index (χ0v) is 13.8. The molecule has 0 radical (unpaired) electrons. The molecule has 6 heteroatoms. The summed E-state index contributed by atoms with van der Waals surface area (Å²) < 4.78 is 6.17. The third-order valence-corrected chi connectivity index (χ3v) is 6.94. The minimum atomic E-state index is 0.0903. The lowest BCUT2D eigenvalue weighted by molar-refractivity contribution is -0.107. The molecule has 1 aromatic heterocycles. The van der Waals surface area contributed by atoms with Crippen LogP contribution in [0.3, 0.4) is 0 Å². The number of nitrogens with two attached hydrogens (primary N) is 1. The highest BCUT2D eigenvalue weighted by molar-refractivity contribution is 7.99. The van der Waals surface area contributed by atoms with Crippen LogP contribution in [0, 0.1) is 5.92 Å². The van der Waals surface area contributed by atoms with Gasteiger partial charge in [-0.1, -0.05) is 11.6 Å². The van der Waals surface area contributed by atoms with Crippen LogP contribution in [0.25, 0.3) is 0 Å². The fraction of sp³-hybridized carbons (Fsp3) is 0.714. The molecular formula is C14H21ClN2OS2. The lowest BCUT2D eigenvalue weighted by Gasteiger charge is -2.45. The van der Waals surface area contributed by atoms with Gasteiger partial charge in [0.25, 0.3) is 0 Å². The van der Waals surface area contributed by atoms with Gasteiger partial charge in [-0.25, -0.2) is 0 Å². The Labute approximate surface area is 133 Å². The molecule has 0 bridgehead atoms. The van der Waals surface area contributed by atoms with Crippen LogP contribution in [-0.2, 0) is 4.74 Å². The van der Waals surface area contributed by atoms with E-state index >= 15 is 0 Å². The molecule has 20 heavy (non-hydrogen) atoms. The van der Waals surface area contributed by atoms with E-state index in [1.807, 2.05) is 23.2 Å². The molecule has 2 aliphatic rings. The van der Waals surface area contributed by atoms with Gasteiger partial charge in [0.15, 0.2) is 0 Å². The Morgan fingerprint density at radius 1 is 1.45 bits per heavy atom. The van der Waals surface area contributed by atoms with E-state index in [1.165, 1.54) is 29.2 Å². The van der Waals surface area contributed by atoms with Crippen LogP contribution in [0.15, 0.2) is 11.4 Å². The Balaban J connectivity index is 1.76. The van der Waals surface area contributed by atoms with Crippen molar-refractivity contribution >= 4 is 34.7 Å². The summed E-state index contributed by atoms with van der Waals surface area (Å²) in [7, 11) is 0. The molecule has 0 saturated carbocycles. The summed E-state index contributed by atoms with van der Waals surface area (Å²) in [6.45, 7) is 0.844. The van der Waals surface area contributed by atoms with E-state index in [-0.39, 0.29) is 11.6 Å². The van der Waals surface area contributed by atoms with Gasteiger partial charge >= 0.3 is 0 Å². The molecule has 3 N–H and O–H groups in total. The average Bonchev–Trinajstić information content (AvgIpc) is 2.87. The number of hydrogen-bond donors (Lipinski definition) is 2. The summed E-state index contributed by atoms with van der Waals surface area (Å²) in [6, 6.07) is 2.11. The molecular weight excluding hydrogens is 312 g/mol. The van der Waals surface area contributed by atoms with E-state index in [4.69, 9.17) is 22.2 Å². The Morgan fingerprint density at radius 2 is 2.25 bits per heavy atom. The van der Waals surface area contributed by atoms with E-state index in [2.05, 4.69) is 5.43 Å². The number of halogens is 1. The second-order valence-corrected chi connectivity index (χ2v) is 8.25. The fourth-order valence-electron chi connectivity index (χ4n) is 3.40. The van der Waals surface area contributed by atoms with Crippen molar-refractivity contribution in [1.82, 2.24) is 5.43 Å². The number of thiophene rings is 1. The highest BCUT2D eigenvalue weighted by atomic mass is 35.5. The van der Waals surface area contributed by atoms with Gasteiger partial charge in [0.05, 0.1) is 16.7 Å². The van der Waals surface area contributed by atoms with Gasteiger partial charge in [-0.05, 0) is 54.6 Å². The van der Waals surface area contributed by atoms with Crippen molar-refractivity contribution < 1.29 is 4.74 Å². The Kier molecular flexibility index (Phi) is 4.95. The molecule has 3 rings (SSSR count). The van der Waals surface area contributed by atoms with Crippen LogP contribution in [0.1, 0.15) is 36.6 Å². The first-order valence-electron chi connectivity index (χ1n) is 7.15. The lowest BCUT2D eigenvalue weighted by Crippen LogP contribution is -2.46. The molecule has 1 aromatic rings. The predicted molar refractivity (Wildman–Crippen MR) is 87.4 cm³/mol. The molecule has 112 valence electrons. The zero-order chi connectivity index (χ0) is 14.0. The zero-order valence-electron chi connectivity index (χ0n) is 11.4. The fourth-order valence-corrected chi connectivity index (χ4v) is 5.96. The summed E-state index contributed by atoms with van der Waals surface area (Å²) in [6.07, 6.45) is 4.49.